The van der Waals surface area contributed by atoms with E-state index in [1.54, 1.807) is 6.07 Å². The highest BCUT2D eigenvalue weighted by Crippen LogP contribution is 2.17. The normalized spacial score (nSPS) is 10.3. The molecule has 0 fully saturated rings. The maximum absolute atomic E-state index is 13.1. The number of carboxylic acids is 1. The Kier molecular flexibility index (Phi) is 3.37. The number of rotatable bonds is 3. The van der Waals surface area contributed by atoms with Crippen LogP contribution in [0.4, 0.5) is 8.78 Å². The van der Waals surface area contributed by atoms with Crippen LogP contribution in [0.15, 0.2) is 42.5 Å². The minimum absolute atomic E-state index is 0.0284. The first kappa shape index (κ1) is 12.2. The lowest BCUT2D eigenvalue weighted by Crippen LogP contribution is -2.03. The van der Waals surface area contributed by atoms with Gasteiger partial charge in [-0.25, -0.2) is 13.6 Å². The van der Waals surface area contributed by atoms with E-state index in [9.17, 15) is 13.6 Å². The quantitative estimate of drug-likeness (QED) is 0.905. The monoisotopic (exact) mass is 248 g/mol. The fourth-order valence-electron chi connectivity index (χ4n) is 1.78. The maximum atomic E-state index is 13.1. The van der Waals surface area contributed by atoms with E-state index in [0.29, 0.717) is 11.1 Å². The molecule has 1 N–H and O–H groups in total. The molecule has 0 amide bonds. The van der Waals surface area contributed by atoms with Crippen molar-refractivity contribution in [1.29, 1.82) is 0 Å². The van der Waals surface area contributed by atoms with E-state index in [0.717, 1.165) is 12.1 Å². The highest BCUT2D eigenvalue weighted by atomic mass is 19.1. The summed E-state index contributed by atoms with van der Waals surface area (Å²) in [6.07, 6.45) is 0.178. The third kappa shape index (κ3) is 2.71. The number of hydrogen-bond acceptors (Lipinski definition) is 1. The topological polar surface area (TPSA) is 37.3 Å². The van der Waals surface area contributed by atoms with E-state index in [-0.39, 0.29) is 12.0 Å². The number of halogens is 2. The minimum atomic E-state index is -1.12. The number of benzene rings is 2. The Morgan fingerprint density at radius 3 is 2.44 bits per heavy atom. The van der Waals surface area contributed by atoms with E-state index in [1.165, 1.54) is 24.3 Å². The van der Waals surface area contributed by atoms with Gasteiger partial charge in [0, 0.05) is 0 Å². The van der Waals surface area contributed by atoms with Gasteiger partial charge >= 0.3 is 5.97 Å². The molecule has 18 heavy (non-hydrogen) atoms. The molecule has 0 saturated carbocycles. The van der Waals surface area contributed by atoms with Crippen LogP contribution < -0.4 is 0 Å². The molecule has 0 radical (unpaired) electrons. The van der Waals surface area contributed by atoms with Gasteiger partial charge < -0.3 is 5.11 Å². The van der Waals surface area contributed by atoms with Crippen LogP contribution in [0.5, 0.6) is 0 Å². The van der Waals surface area contributed by atoms with Gasteiger partial charge in [-0.1, -0.05) is 12.1 Å². The highest BCUT2D eigenvalue weighted by Gasteiger charge is 2.11. The molecule has 92 valence electrons. The van der Waals surface area contributed by atoms with E-state index >= 15 is 0 Å². The van der Waals surface area contributed by atoms with Gasteiger partial charge in [0.25, 0.3) is 0 Å². The van der Waals surface area contributed by atoms with Gasteiger partial charge in [-0.05, 0) is 47.9 Å². The predicted molar refractivity (Wildman–Crippen MR) is 62.6 cm³/mol. The Morgan fingerprint density at radius 2 is 1.78 bits per heavy atom. The zero-order valence-corrected chi connectivity index (χ0v) is 9.36. The molecule has 0 aliphatic heterocycles. The van der Waals surface area contributed by atoms with Gasteiger partial charge in [0.05, 0.1) is 5.56 Å². The van der Waals surface area contributed by atoms with Crippen LogP contribution in [0.2, 0.25) is 0 Å². The molecule has 2 nitrogen and oxygen atoms in total. The van der Waals surface area contributed by atoms with Crippen molar-refractivity contribution in [1.82, 2.24) is 0 Å². The molecule has 0 bridgehead atoms. The molecule has 2 aromatic rings. The summed E-state index contributed by atoms with van der Waals surface area (Å²) in [4.78, 5) is 11.0. The lowest BCUT2D eigenvalue weighted by atomic mass is 9.99. The van der Waals surface area contributed by atoms with Gasteiger partial charge in [0.15, 0.2) is 0 Å². The summed E-state index contributed by atoms with van der Waals surface area (Å²) in [6, 6.07) is 9.27. The summed E-state index contributed by atoms with van der Waals surface area (Å²) in [6.45, 7) is 0. The third-order valence-electron chi connectivity index (χ3n) is 2.58. The molecule has 0 aliphatic carbocycles. The first-order valence-electron chi connectivity index (χ1n) is 5.32. The van der Waals surface area contributed by atoms with E-state index in [1.807, 2.05) is 0 Å². The zero-order valence-electron chi connectivity index (χ0n) is 9.36. The molecular formula is C14H10F2O2. The molecule has 2 aromatic carbocycles. The van der Waals surface area contributed by atoms with E-state index < -0.39 is 17.6 Å². The van der Waals surface area contributed by atoms with Gasteiger partial charge in [-0.3, -0.25) is 0 Å². The second-order valence-corrected chi connectivity index (χ2v) is 3.91. The largest absolute Gasteiger partial charge is 0.478 e. The smallest absolute Gasteiger partial charge is 0.335 e. The lowest BCUT2D eigenvalue weighted by molar-refractivity contribution is 0.0696. The summed E-state index contributed by atoms with van der Waals surface area (Å²) < 4.78 is 26.1. The molecule has 0 spiro atoms. The SMILES string of the molecule is O=C(O)c1ccc(F)cc1Cc1cccc(F)c1. The van der Waals surface area contributed by atoms with Crippen molar-refractivity contribution in [3.05, 3.63) is 70.8 Å². The van der Waals surface area contributed by atoms with Gasteiger partial charge in [0.2, 0.25) is 0 Å². The zero-order chi connectivity index (χ0) is 13.1. The maximum Gasteiger partial charge on any atom is 0.335 e. The average molecular weight is 248 g/mol. The van der Waals surface area contributed by atoms with Crippen LogP contribution in [0.3, 0.4) is 0 Å². The molecule has 2 rings (SSSR count). The molecule has 0 unspecified atom stereocenters. The van der Waals surface area contributed by atoms with Crippen molar-refractivity contribution in [2.24, 2.45) is 0 Å². The molecular weight excluding hydrogens is 238 g/mol. The molecule has 0 atom stereocenters. The average Bonchev–Trinajstić information content (AvgIpc) is 2.28. The Balaban J connectivity index is 2.39. The van der Waals surface area contributed by atoms with Crippen LogP contribution in [0.1, 0.15) is 21.5 Å². The van der Waals surface area contributed by atoms with Gasteiger partial charge in [-0.2, -0.15) is 0 Å². The minimum Gasteiger partial charge on any atom is -0.478 e. The number of hydrogen-bond donors (Lipinski definition) is 1. The van der Waals surface area contributed by atoms with E-state index in [4.69, 9.17) is 5.11 Å². The van der Waals surface area contributed by atoms with Crippen molar-refractivity contribution in [3.8, 4) is 0 Å². The molecule has 4 heteroatoms. The van der Waals surface area contributed by atoms with Crippen molar-refractivity contribution in [2.45, 2.75) is 6.42 Å². The van der Waals surface area contributed by atoms with Crippen LogP contribution in [-0.4, -0.2) is 11.1 Å². The summed E-state index contributed by atoms with van der Waals surface area (Å²) in [5, 5.41) is 8.99. The number of carbonyl (C=O) groups is 1. The van der Waals surface area contributed by atoms with Crippen LogP contribution in [-0.2, 0) is 6.42 Å². The third-order valence-corrected chi connectivity index (χ3v) is 2.58. The molecule has 0 aromatic heterocycles. The molecule has 0 saturated heterocycles. The molecule has 0 heterocycles. The first-order valence-corrected chi connectivity index (χ1v) is 5.32. The second kappa shape index (κ2) is 4.96. The van der Waals surface area contributed by atoms with Gasteiger partial charge in [0.1, 0.15) is 11.6 Å². The summed E-state index contributed by atoms with van der Waals surface area (Å²) in [7, 11) is 0. The van der Waals surface area contributed by atoms with Crippen LogP contribution in [0, 0.1) is 11.6 Å². The molecule has 0 aliphatic rings. The number of carboxylic acid groups (broad SMARTS) is 1. The standard InChI is InChI=1S/C14H10F2O2/c15-11-3-1-2-9(7-11)6-10-8-12(16)4-5-13(10)14(17)18/h1-5,7-8H,6H2,(H,17,18). The summed E-state index contributed by atoms with van der Waals surface area (Å²) in [5.41, 5.74) is 0.955. The van der Waals surface area contributed by atoms with Crippen LogP contribution >= 0.6 is 0 Å². The Labute approximate surface area is 103 Å². The van der Waals surface area contributed by atoms with Crippen molar-refractivity contribution in [2.75, 3.05) is 0 Å². The van der Waals surface area contributed by atoms with Crippen LogP contribution in [0.25, 0.3) is 0 Å². The Morgan fingerprint density at radius 1 is 1.06 bits per heavy atom. The van der Waals surface area contributed by atoms with Crippen molar-refractivity contribution < 1.29 is 18.7 Å². The predicted octanol–water partition coefficient (Wildman–Crippen LogP) is 3.25. The lowest BCUT2D eigenvalue weighted by Gasteiger charge is -2.06. The second-order valence-electron chi connectivity index (χ2n) is 3.91. The summed E-state index contributed by atoms with van der Waals surface area (Å²) >= 11 is 0. The first-order chi connectivity index (χ1) is 8.56. The Bertz CT molecular complexity index is 594. The van der Waals surface area contributed by atoms with Crippen molar-refractivity contribution >= 4 is 5.97 Å². The fourth-order valence-corrected chi connectivity index (χ4v) is 1.78. The number of aromatic carboxylic acids is 1. The van der Waals surface area contributed by atoms with Gasteiger partial charge in [-0.15, -0.1) is 0 Å². The highest BCUT2D eigenvalue weighted by molar-refractivity contribution is 5.89. The van der Waals surface area contributed by atoms with E-state index in [2.05, 4.69) is 0 Å². The van der Waals surface area contributed by atoms with Crippen molar-refractivity contribution in [3.63, 3.8) is 0 Å². The Hall–Kier alpha value is -2.23. The fraction of sp³-hybridized carbons (Fsp3) is 0.0714. The summed E-state index contributed by atoms with van der Waals surface area (Å²) in [5.74, 6) is -2.03.